The average Bonchev–Trinajstić information content (AvgIpc) is 2.85. The quantitative estimate of drug-likeness (QED) is 0.295. The summed E-state index contributed by atoms with van der Waals surface area (Å²) in [5, 5.41) is 3.60. The number of aryl methyl sites for hydroxylation is 2. The molecule has 0 amide bonds. The van der Waals surface area contributed by atoms with Crippen molar-refractivity contribution in [1.29, 1.82) is 0 Å². The number of carbonyl (C=O) groups is 1. The van der Waals surface area contributed by atoms with Gasteiger partial charge in [0.15, 0.2) is 0 Å². The highest BCUT2D eigenvalue weighted by molar-refractivity contribution is 5.72. The molecule has 0 aliphatic carbocycles. The fraction of sp³-hybridized carbons (Fsp3) is 0.469. The van der Waals surface area contributed by atoms with Crippen LogP contribution in [0.1, 0.15) is 68.0 Å². The van der Waals surface area contributed by atoms with E-state index in [9.17, 15) is 9.59 Å². The molecule has 0 aliphatic rings. The smallest absolute Gasteiger partial charge is 0.307 e. The first-order valence-electron chi connectivity index (χ1n) is 13.8. The Morgan fingerprint density at radius 3 is 2.44 bits per heavy atom. The van der Waals surface area contributed by atoms with E-state index in [0.29, 0.717) is 25.6 Å². The summed E-state index contributed by atoms with van der Waals surface area (Å²) in [5.74, 6) is 0.126. The second-order valence-corrected chi connectivity index (χ2v) is 11.0. The summed E-state index contributed by atoms with van der Waals surface area (Å²) in [7, 11) is 3.98. The lowest BCUT2D eigenvalue weighted by Gasteiger charge is -2.26. The van der Waals surface area contributed by atoms with Crippen LogP contribution in [0.25, 0.3) is 11.1 Å². The number of hydrogen-bond acceptors (Lipinski definition) is 6. The van der Waals surface area contributed by atoms with Gasteiger partial charge in [-0.1, -0.05) is 32.0 Å². The van der Waals surface area contributed by atoms with Gasteiger partial charge in [0.2, 0.25) is 0 Å². The Morgan fingerprint density at radius 2 is 1.82 bits per heavy atom. The zero-order valence-electron chi connectivity index (χ0n) is 24.5. The third kappa shape index (κ3) is 8.60. The molecule has 0 aliphatic heterocycles. The van der Waals surface area contributed by atoms with E-state index in [2.05, 4.69) is 62.3 Å². The molecular weight excluding hydrogens is 488 g/mol. The van der Waals surface area contributed by atoms with Crippen LogP contribution >= 0.6 is 0 Å². The first-order chi connectivity index (χ1) is 18.6. The third-order valence-electron chi connectivity index (χ3n) is 6.86. The predicted molar refractivity (Wildman–Crippen MR) is 158 cm³/mol. The molecule has 3 aromatic rings. The number of rotatable bonds is 13. The Hall–Kier alpha value is -3.29. The van der Waals surface area contributed by atoms with Gasteiger partial charge in [-0.2, -0.15) is 0 Å². The molecule has 210 valence electrons. The van der Waals surface area contributed by atoms with Gasteiger partial charge in [0.05, 0.1) is 13.0 Å². The van der Waals surface area contributed by atoms with Gasteiger partial charge in [0.25, 0.3) is 5.56 Å². The summed E-state index contributed by atoms with van der Waals surface area (Å²) in [6.45, 7) is 11.9. The van der Waals surface area contributed by atoms with E-state index in [-0.39, 0.29) is 30.0 Å². The Labute approximate surface area is 233 Å². The first kappa shape index (κ1) is 30.3. The number of aromatic nitrogens is 2. The molecule has 2 atom stereocenters. The van der Waals surface area contributed by atoms with Crippen LogP contribution in [0.4, 0.5) is 0 Å². The lowest BCUT2D eigenvalue weighted by atomic mass is 9.94. The number of ether oxygens (including phenoxy) is 1. The van der Waals surface area contributed by atoms with E-state index >= 15 is 0 Å². The Morgan fingerprint density at radius 1 is 1.10 bits per heavy atom. The average molecular weight is 533 g/mol. The maximum Gasteiger partial charge on any atom is 0.307 e. The van der Waals surface area contributed by atoms with Crippen LogP contribution in [0.5, 0.6) is 0 Å². The molecule has 0 fully saturated rings. The van der Waals surface area contributed by atoms with Crippen molar-refractivity contribution in [2.24, 2.45) is 5.92 Å². The molecule has 39 heavy (non-hydrogen) atoms. The molecule has 2 aromatic heterocycles. The number of nitrogens with one attached hydrogen (secondary N) is 1. The topological polar surface area (TPSA) is 76.5 Å². The Bertz CT molecular complexity index is 1280. The third-order valence-corrected chi connectivity index (χ3v) is 6.86. The largest absolute Gasteiger partial charge is 0.466 e. The van der Waals surface area contributed by atoms with Gasteiger partial charge in [0.1, 0.15) is 0 Å². The first-order valence-corrected chi connectivity index (χ1v) is 13.8. The molecule has 7 nitrogen and oxygen atoms in total. The Kier molecular flexibility index (Phi) is 11.0. The summed E-state index contributed by atoms with van der Waals surface area (Å²) < 4.78 is 7.13. The van der Waals surface area contributed by atoms with Crippen molar-refractivity contribution in [2.75, 3.05) is 27.2 Å². The molecule has 0 saturated heterocycles. The molecule has 3 rings (SSSR count). The van der Waals surface area contributed by atoms with Gasteiger partial charge in [0, 0.05) is 55.4 Å². The van der Waals surface area contributed by atoms with Crippen molar-refractivity contribution in [1.82, 2.24) is 19.8 Å². The minimum Gasteiger partial charge on any atom is -0.466 e. The standard InChI is InChI=1S/C32H44N4O3/c1-8-39-31(38)17-29(26-16-27(19-33-18-26)32-23(4)10-9-11-24(32)5)34-20-28(14-22(2)3)36-13-12-25(15-30(36)37)21-35(6)7/h9-13,15-16,18-19,22,28-29,34H,8,14,17,20-21H2,1-7H3/t28-,29?/m0/s1. The van der Waals surface area contributed by atoms with E-state index in [0.717, 1.165) is 28.7 Å². The predicted octanol–water partition coefficient (Wildman–Crippen LogP) is 5.46. The lowest BCUT2D eigenvalue weighted by Crippen LogP contribution is -2.35. The van der Waals surface area contributed by atoms with Gasteiger partial charge >= 0.3 is 5.97 Å². The number of esters is 1. The van der Waals surface area contributed by atoms with Crippen LogP contribution in [0, 0.1) is 19.8 Å². The monoisotopic (exact) mass is 532 g/mol. The highest BCUT2D eigenvalue weighted by Gasteiger charge is 2.22. The van der Waals surface area contributed by atoms with E-state index in [4.69, 9.17) is 4.74 Å². The number of hydrogen-bond donors (Lipinski definition) is 1. The number of pyridine rings is 2. The number of carbonyl (C=O) groups excluding carboxylic acids is 1. The van der Waals surface area contributed by atoms with Crippen molar-refractivity contribution in [3.05, 3.63) is 87.6 Å². The molecule has 1 N–H and O–H groups in total. The fourth-order valence-corrected chi connectivity index (χ4v) is 5.16. The molecule has 2 heterocycles. The van der Waals surface area contributed by atoms with Gasteiger partial charge in [-0.15, -0.1) is 0 Å². The van der Waals surface area contributed by atoms with Crippen molar-refractivity contribution in [3.63, 3.8) is 0 Å². The van der Waals surface area contributed by atoms with Crippen LogP contribution < -0.4 is 10.9 Å². The molecule has 0 spiro atoms. The van der Waals surface area contributed by atoms with Crippen LogP contribution in [0.15, 0.2) is 59.8 Å². The van der Waals surface area contributed by atoms with Crippen molar-refractivity contribution in [2.45, 2.75) is 66.1 Å². The van der Waals surface area contributed by atoms with Gasteiger partial charge in [-0.05, 0) is 87.2 Å². The fourth-order valence-electron chi connectivity index (χ4n) is 5.16. The van der Waals surface area contributed by atoms with E-state index in [1.165, 1.54) is 11.1 Å². The van der Waals surface area contributed by atoms with Crippen molar-refractivity contribution >= 4 is 5.97 Å². The summed E-state index contributed by atoms with van der Waals surface area (Å²) >= 11 is 0. The lowest BCUT2D eigenvalue weighted by molar-refractivity contribution is -0.143. The summed E-state index contributed by atoms with van der Waals surface area (Å²) in [6.07, 6.45) is 6.59. The summed E-state index contributed by atoms with van der Waals surface area (Å²) in [6, 6.07) is 11.7. The Balaban J connectivity index is 1.92. The molecule has 1 unspecified atom stereocenters. The second-order valence-electron chi connectivity index (χ2n) is 11.0. The van der Waals surface area contributed by atoms with Gasteiger partial charge in [-0.25, -0.2) is 0 Å². The molecular formula is C32H44N4O3. The van der Waals surface area contributed by atoms with Crippen molar-refractivity contribution in [3.8, 4) is 11.1 Å². The van der Waals surface area contributed by atoms with Crippen LogP contribution in [-0.4, -0.2) is 47.7 Å². The highest BCUT2D eigenvalue weighted by atomic mass is 16.5. The number of benzene rings is 1. The van der Waals surface area contributed by atoms with E-state index < -0.39 is 0 Å². The van der Waals surface area contributed by atoms with Crippen LogP contribution in [0.2, 0.25) is 0 Å². The normalized spacial score (nSPS) is 13.1. The number of nitrogens with zero attached hydrogens (tertiary/aromatic N) is 3. The minimum absolute atomic E-state index is 0.0116. The molecule has 1 aromatic carbocycles. The highest BCUT2D eigenvalue weighted by Crippen LogP contribution is 2.29. The maximum atomic E-state index is 13.1. The maximum absolute atomic E-state index is 13.1. The SMILES string of the molecule is CCOC(=O)CC(NC[C@H](CC(C)C)n1ccc(CN(C)C)cc1=O)c1cncc(-c2c(C)cccc2C)c1. The minimum atomic E-state index is -0.306. The molecule has 0 saturated carbocycles. The van der Waals surface area contributed by atoms with Crippen molar-refractivity contribution < 1.29 is 9.53 Å². The zero-order chi connectivity index (χ0) is 28.5. The molecule has 0 bridgehead atoms. The summed E-state index contributed by atoms with van der Waals surface area (Å²) in [4.78, 5) is 32.3. The zero-order valence-corrected chi connectivity index (χ0v) is 24.5. The second kappa shape index (κ2) is 14.2. The molecule has 0 radical (unpaired) electrons. The van der Waals surface area contributed by atoms with Crippen LogP contribution in [-0.2, 0) is 16.1 Å². The van der Waals surface area contributed by atoms with Gasteiger partial charge < -0.3 is 19.5 Å². The summed E-state index contributed by atoms with van der Waals surface area (Å²) in [5.41, 5.74) is 6.43. The van der Waals surface area contributed by atoms with E-state index in [1.54, 1.807) is 6.07 Å². The van der Waals surface area contributed by atoms with Gasteiger partial charge in [-0.3, -0.25) is 14.6 Å². The molecule has 7 heteroatoms. The van der Waals surface area contributed by atoms with E-state index in [1.807, 2.05) is 55.1 Å². The van der Waals surface area contributed by atoms with Crippen LogP contribution in [0.3, 0.4) is 0 Å².